The molecule has 3 heterocycles. The van der Waals surface area contributed by atoms with E-state index in [0.29, 0.717) is 32.0 Å². The highest BCUT2D eigenvalue weighted by Crippen LogP contribution is 2.34. The van der Waals surface area contributed by atoms with E-state index in [4.69, 9.17) is 16.3 Å². The second-order valence-electron chi connectivity index (χ2n) is 7.04. The number of pyridine rings is 1. The summed E-state index contributed by atoms with van der Waals surface area (Å²) < 4.78 is 48.1. The number of aliphatic hydroxyl groups is 1. The molecule has 0 bridgehead atoms. The fraction of sp³-hybridized carbons (Fsp3) is 0.500. The maximum absolute atomic E-state index is 15.4. The summed E-state index contributed by atoms with van der Waals surface area (Å²) >= 11 is 6.03. The fourth-order valence-electron chi connectivity index (χ4n) is 3.09. The molecule has 29 heavy (non-hydrogen) atoms. The van der Waals surface area contributed by atoms with Gasteiger partial charge in [-0.25, -0.2) is 13.8 Å². The zero-order chi connectivity index (χ0) is 21.2. The van der Waals surface area contributed by atoms with E-state index in [1.54, 1.807) is 11.8 Å². The summed E-state index contributed by atoms with van der Waals surface area (Å²) in [5.41, 5.74) is -0.835. The monoisotopic (exact) mass is 431 g/mol. The van der Waals surface area contributed by atoms with Crippen LogP contribution < -0.4 is 9.80 Å². The van der Waals surface area contributed by atoms with Crippen molar-refractivity contribution in [1.82, 2.24) is 15.0 Å². The zero-order valence-electron chi connectivity index (χ0n) is 16.0. The van der Waals surface area contributed by atoms with E-state index in [2.05, 4.69) is 15.0 Å². The van der Waals surface area contributed by atoms with Gasteiger partial charge >= 0.3 is 0 Å². The Kier molecular flexibility index (Phi) is 6.45. The van der Waals surface area contributed by atoms with E-state index >= 15 is 4.39 Å². The van der Waals surface area contributed by atoms with E-state index in [1.165, 1.54) is 7.11 Å². The molecular weight excluding hydrogens is 411 g/mol. The summed E-state index contributed by atoms with van der Waals surface area (Å²) in [5.74, 6) is -3.33. The number of methoxy groups -OCH3 is 1. The van der Waals surface area contributed by atoms with Gasteiger partial charge in [0.15, 0.2) is 23.3 Å². The smallest absolute Gasteiger partial charge is 0.226 e. The van der Waals surface area contributed by atoms with Crippen molar-refractivity contribution in [2.45, 2.75) is 25.4 Å². The van der Waals surface area contributed by atoms with Gasteiger partial charge in [-0.05, 0) is 31.4 Å². The molecule has 1 saturated heterocycles. The number of piperidine rings is 1. The van der Waals surface area contributed by atoms with Crippen LogP contribution in [0, 0.1) is 17.5 Å². The first-order valence-electron chi connectivity index (χ1n) is 9.00. The van der Waals surface area contributed by atoms with Crippen LogP contribution in [0.15, 0.2) is 12.3 Å². The Morgan fingerprint density at radius 3 is 2.55 bits per heavy atom. The van der Waals surface area contributed by atoms with Crippen LogP contribution in [0.1, 0.15) is 19.8 Å². The van der Waals surface area contributed by atoms with Gasteiger partial charge in [0.1, 0.15) is 5.82 Å². The maximum atomic E-state index is 15.4. The second-order valence-corrected chi connectivity index (χ2v) is 7.38. The summed E-state index contributed by atoms with van der Waals surface area (Å²) in [4.78, 5) is 14.4. The van der Waals surface area contributed by atoms with Crippen molar-refractivity contribution < 1.29 is 23.0 Å². The van der Waals surface area contributed by atoms with E-state index in [9.17, 15) is 13.9 Å². The van der Waals surface area contributed by atoms with Crippen molar-refractivity contribution in [2.24, 2.45) is 0 Å². The molecular formula is C18H21ClF3N5O2. The Bertz CT molecular complexity index is 877. The maximum Gasteiger partial charge on any atom is 0.226 e. The van der Waals surface area contributed by atoms with Crippen LogP contribution >= 0.6 is 11.6 Å². The largest absolute Gasteiger partial charge is 0.390 e. The first-order valence-corrected chi connectivity index (χ1v) is 9.37. The molecule has 0 radical (unpaired) electrons. The summed E-state index contributed by atoms with van der Waals surface area (Å²) in [6.07, 6.45) is 1.67. The first-order chi connectivity index (χ1) is 13.7. The Morgan fingerprint density at radius 1 is 1.24 bits per heavy atom. The van der Waals surface area contributed by atoms with Crippen molar-refractivity contribution in [3.8, 4) is 0 Å². The molecule has 158 valence electrons. The Balaban J connectivity index is 2.03. The SMILES string of the molecule is COCCN(c1ncc(F)cc1F)c1nc(Cl)nc(N2CCC(C)(O)CC2)c1F. The minimum absolute atomic E-state index is 0.00946. The Morgan fingerprint density at radius 2 is 1.93 bits per heavy atom. The van der Waals surface area contributed by atoms with Crippen LogP contribution in [0.3, 0.4) is 0 Å². The minimum Gasteiger partial charge on any atom is -0.390 e. The molecule has 2 aromatic rings. The molecule has 1 fully saturated rings. The van der Waals surface area contributed by atoms with E-state index < -0.39 is 23.1 Å². The standard InChI is InChI=1S/C18H21ClF3N5O2/c1-18(28)3-5-26(6-4-18)15-13(22)16(25-17(19)24-15)27(7-8-29-2)14-12(21)9-11(20)10-23-14/h9-10,28H,3-8H2,1-2H3. The molecule has 11 heteroatoms. The number of nitrogens with zero attached hydrogens (tertiary/aromatic N) is 5. The lowest BCUT2D eigenvalue weighted by molar-refractivity contribution is 0.0349. The Hall–Kier alpha value is -2.17. The molecule has 1 N–H and O–H groups in total. The van der Waals surface area contributed by atoms with Crippen LogP contribution in [-0.4, -0.2) is 59.0 Å². The van der Waals surface area contributed by atoms with E-state index in [0.717, 1.165) is 11.1 Å². The average Bonchev–Trinajstić information content (AvgIpc) is 2.65. The summed E-state index contributed by atoms with van der Waals surface area (Å²) in [6.45, 7) is 2.52. The lowest BCUT2D eigenvalue weighted by Crippen LogP contribution is -2.43. The molecule has 1 aliphatic rings. The highest BCUT2D eigenvalue weighted by molar-refractivity contribution is 6.28. The molecule has 0 unspecified atom stereocenters. The van der Waals surface area contributed by atoms with Crippen LogP contribution in [-0.2, 0) is 4.74 Å². The van der Waals surface area contributed by atoms with Crippen LogP contribution in [0.5, 0.6) is 0 Å². The van der Waals surface area contributed by atoms with Crippen molar-refractivity contribution >= 4 is 29.1 Å². The molecule has 0 atom stereocenters. The average molecular weight is 432 g/mol. The number of anilines is 3. The number of hydrogen-bond acceptors (Lipinski definition) is 7. The predicted molar refractivity (Wildman–Crippen MR) is 102 cm³/mol. The van der Waals surface area contributed by atoms with Crippen LogP contribution in [0.4, 0.5) is 30.6 Å². The number of hydrogen-bond donors (Lipinski definition) is 1. The first kappa shape index (κ1) is 21.5. The highest BCUT2D eigenvalue weighted by Gasteiger charge is 2.32. The van der Waals surface area contributed by atoms with Gasteiger partial charge in [-0.1, -0.05) is 0 Å². The van der Waals surface area contributed by atoms with Gasteiger partial charge in [0.2, 0.25) is 11.1 Å². The van der Waals surface area contributed by atoms with Gasteiger partial charge in [0.25, 0.3) is 0 Å². The fourth-order valence-corrected chi connectivity index (χ4v) is 3.25. The number of aromatic nitrogens is 3. The van der Waals surface area contributed by atoms with Crippen LogP contribution in [0.2, 0.25) is 5.28 Å². The molecule has 0 aromatic carbocycles. The van der Waals surface area contributed by atoms with Gasteiger partial charge in [0.05, 0.1) is 18.4 Å². The predicted octanol–water partition coefficient (Wildman–Crippen LogP) is 3.08. The van der Waals surface area contributed by atoms with Gasteiger partial charge < -0.3 is 19.6 Å². The van der Waals surface area contributed by atoms with E-state index in [1.807, 2.05) is 0 Å². The third-order valence-electron chi connectivity index (χ3n) is 4.75. The lowest BCUT2D eigenvalue weighted by atomic mass is 9.94. The van der Waals surface area contributed by atoms with Gasteiger partial charge in [-0.3, -0.25) is 0 Å². The molecule has 0 aliphatic carbocycles. The van der Waals surface area contributed by atoms with Crippen molar-refractivity contribution in [3.05, 3.63) is 35.0 Å². The normalized spacial score (nSPS) is 16.2. The molecule has 0 spiro atoms. The summed E-state index contributed by atoms with van der Waals surface area (Å²) in [7, 11) is 1.43. The van der Waals surface area contributed by atoms with Gasteiger partial charge in [0, 0.05) is 32.8 Å². The quantitative estimate of drug-likeness (QED) is 0.704. The highest BCUT2D eigenvalue weighted by atomic mass is 35.5. The number of rotatable bonds is 6. The molecule has 1 aliphatic heterocycles. The number of ether oxygens (including phenoxy) is 1. The molecule has 7 nitrogen and oxygen atoms in total. The third-order valence-corrected chi connectivity index (χ3v) is 4.92. The minimum atomic E-state index is -0.981. The van der Waals surface area contributed by atoms with E-state index in [-0.39, 0.29) is 35.9 Å². The molecule has 3 rings (SSSR count). The zero-order valence-corrected chi connectivity index (χ0v) is 16.8. The van der Waals surface area contributed by atoms with Crippen molar-refractivity contribution in [3.63, 3.8) is 0 Å². The molecule has 2 aromatic heterocycles. The summed E-state index contributed by atoms with van der Waals surface area (Å²) in [6, 6.07) is 0.649. The van der Waals surface area contributed by atoms with Crippen molar-refractivity contribution in [1.29, 1.82) is 0 Å². The Labute approximate surface area is 171 Å². The lowest BCUT2D eigenvalue weighted by Gasteiger charge is -2.36. The summed E-state index contributed by atoms with van der Waals surface area (Å²) in [5, 5.41) is 9.89. The number of halogens is 4. The molecule has 0 amide bonds. The van der Waals surface area contributed by atoms with Gasteiger partial charge in [-0.2, -0.15) is 14.4 Å². The second kappa shape index (κ2) is 8.68. The van der Waals surface area contributed by atoms with Crippen molar-refractivity contribution in [2.75, 3.05) is 43.2 Å². The topological polar surface area (TPSA) is 74.6 Å². The van der Waals surface area contributed by atoms with Gasteiger partial charge in [-0.15, -0.1) is 0 Å². The molecule has 0 saturated carbocycles. The third kappa shape index (κ3) is 4.88. The van der Waals surface area contributed by atoms with Crippen LogP contribution in [0.25, 0.3) is 0 Å².